The molecule has 1 fully saturated rings. The van der Waals surface area contributed by atoms with Crippen molar-refractivity contribution in [3.63, 3.8) is 0 Å². The molecule has 0 heteroatoms. The maximum Gasteiger partial charge on any atom is 0.0267 e. The lowest BCUT2D eigenvalue weighted by molar-refractivity contribution is 0.407. The number of rotatable bonds is 1. The highest BCUT2D eigenvalue weighted by molar-refractivity contribution is 4.72. The first kappa shape index (κ1) is 3.92. The molecule has 1 rings (SSSR count). The normalized spacial score (nSPS) is 43.8. The van der Waals surface area contributed by atoms with Gasteiger partial charge in [-0.2, -0.15) is 0 Å². The average molecular weight is 114 g/mol. The summed E-state index contributed by atoms with van der Waals surface area (Å²) in [7, 11) is 0. The second-order valence-electron chi connectivity index (χ2n) is 2.80. The van der Waals surface area contributed by atoms with E-state index in [2.05, 4.69) is 6.92 Å². The standard InChI is InChI=1S/C8H16/c1-3-8-6-4-5-7(8)2/h7-8H,3-6H2,1-2H3/i3D2. The highest BCUT2D eigenvalue weighted by Gasteiger charge is 2.20. The Hall–Kier alpha value is 0. The minimum atomic E-state index is -0.948. The zero-order valence-electron chi connectivity index (χ0n) is 7.78. The Balaban J connectivity index is 2.55. The summed E-state index contributed by atoms with van der Waals surface area (Å²) in [5.41, 5.74) is 0. The Morgan fingerprint density at radius 1 is 1.62 bits per heavy atom. The van der Waals surface area contributed by atoms with E-state index >= 15 is 0 Å². The summed E-state index contributed by atoms with van der Waals surface area (Å²) in [5.74, 6) is 0.910. The lowest BCUT2D eigenvalue weighted by Crippen LogP contribution is -2.00. The predicted molar refractivity (Wildman–Crippen MR) is 36.8 cm³/mol. The first-order valence-electron chi connectivity index (χ1n) is 4.52. The molecule has 0 amide bonds. The number of hydrogen-bond acceptors (Lipinski definition) is 0. The van der Waals surface area contributed by atoms with Gasteiger partial charge in [-0.05, 0) is 11.8 Å². The third kappa shape index (κ3) is 1.04. The van der Waals surface area contributed by atoms with E-state index in [-0.39, 0.29) is 0 Å². The topological polar surface area (TPSA) is 0 Å². The molecule has 0 heterocycles. The van der Waals surface area contributed by atoms with Crippen molar-refractivity contribution in [2.45, 2.75) is 39.5 Å². The van der Waals surface area contributed by atoms with Crippen LogP contribution in [0.4, 0.5) is 0 Å². The van der Waals surface area contributed by atoms with Crippen molar-refractivity contribution in [3.8, 4) is 0 Å². The molecule has 1 aliphatic rings. The molecule has 0 aromatic rings. The van der Waals surface area contributed by atoms with E-state index in [9.17, 15) is 0 Å². The smallest absolute Gasteiger partial charge is 0.0267 e. The summed E-state index contributed by atoms with van der Waals surface area (Å²) in [6, 6.07) is 0. The minimum absolute atomic E-state index is 0.312. The first-order valence-corrected chi connectivity index (χ1v) is 3.52. The molecular formula is C8H16. The molecule has 0 aliphatic heterocycles. The van der Waals surface area contributed by atoms with Crippen LogP contribution in [0.1, 0.15) is 42.2 Å². The van der Waals surface area contributed by atoms with Crippen molar-refractivity contribution in [1.29, 1.82) is 0 Å². The van der Waals surface area contributed by atoms with E-state index in [1.54, 1.807) is 6.92 Å². The van der Waals surface area contributed by atoms with E-state index in [4.69, 9.17) is 2.74 Å². The van der Waals surface area contributed by atoms with Gasteiger partial charge in [0.05, 0.1) is 0 Å². The van der Waals surface area contributed by atoms with Gasteiger partial charge in [-0.15, -0.1) is 0 Å². The Labute approximate surface area is 55.1 Å². The Kier molecular flexibility index (Phi) is 1.23. The van der Waals surface area contributed by atoms with Gasteiger partial charge in [0.1, 0.15) is 0 Å². The first-order chi connectivity index (χ1) is 4.52. The lowest BCUT2D eigenvalue weighted by Gasteiger charge is -2.10. The van der Waals surface area contributed by atoms with Gasteiger partial charge in [-0.1, -0.05) is 39.5 Å². The van der Waals surface area contributed by atoms with Crippen LogP contribution in [0, 0.1) is 11.8 Å². The van der Waals surface area contributed by atoms with Crippen molar-refractivity contribution >= 4 is 0 Å². The maximum atomic E-state index is 7.53. The van der Waals surface area contributed by atoms with Crippen LogP contribution in [0.3, 0.4) is 0 Å². The number of hydrogen-bond donors (Lipinski definition) is 0. The average Bonchev–Trinajstić information content (AvgIpc) is 2.11. The second kappa shape index (κ2) is 2.52. The fourth-order valence-corrected chi connectivity index (χ4v) is 1.57. The molecule has 0 aromatic heterocycles. The molecule has 0 spiro atoms. The van der Waals surface area contributed by atoms with Crippen LogP contribution in [0.5, 0.6) is 0 Å². The van der Waals surface area contributed by atoms with Crippen LogP contribution in [0.15, 0.2) is 0 Å². The van der Waals surface area contributed by atoms with E-state index in [0.717, 1.165) is 6.42 Å². The van der Waals surface area contributed by atoms with Crippen LogP contribution in [0.25, 0.3) is 0 Å². The van der Waals surface area contributed by atoms with Crippen molar-refractivity contribution < 1.29 is 2.74 Å². The molecule has 1 saturated carbocycles. The predicted octanol–water partition coefficient (Wildman–Crippen LogP) is 2.83. The third-order valence-electron chi connectivity index (χ3n) is 2.23. The van der Waals surface area contributed by atoms with Gasteiger partial charge in [0.2, 0.25) is 0 Å². The van der Waals surface area contributed by atoms with Crippen LogP contribution >= 0.6 is 0 Å². The molecular weight excluding hydrogens is 96.1 g/mol. The molecule has 1 aliphatic carbocycles. The molecule has 0 saturated heterocycles. The molecule has 0 aromatic carbocycles. The van der Waals surface area contributed by atoms with Gasteiger partial charge in [0, 0.05) is 2.74 Å². The van der Waals surface area contributed by atoms with Gasteiger partial charge >= 0.3 is 0 Å². The summed E-state index contributed by atoms with van der Waals surface area (Å²) in [4.78, 5) is 0. The Bertz CT molecular complexity index is 115. The monoisotopic (exact) mass is 114 g/mol. The van der Waals surface area contributed by atoms with Crippen LogP contribution in [-0.2, 0) is 0 Å². The highest BCUT2D eigenvalue weighted by Crippen LogP contribution is 2.32. The van der Waals surface area contributed by atoms with E-state index < -0.39 is 6.37 Å². The summed E-state index contributed by atoms with van der Waals surface area (Å²) < 4.78 is 15.1. The fourth-order valence-electron chi connectivity index (χ4n) is 1.57. The molecule has 0 N–H and O–H groups in total. The fraction of sp³-hybridized carbons (Fsp3) is 1.00. The molecule has 0 radical (unpaired) electrons. The second-order valence-corrected chi connectivity index (χ2v) is 2.80. The van der Waals surface area contributed by atoms with Gasteiger partial charge in [0.15, 0.2) is 0 Å². The van der Waals surface area contributed by atoms with Gasteiger partial charge in [-0.25, -0.2) is 0 Å². The van der Waals surface area contributed by atoms with Crippen molar-refractivity contribution in [2.75, 3.05) is 0 Å². The van der Waals surface area contributed by atoms with Gasteiger partial charge in [-0.3, -0.25) is 0 Å². The van der Waals surface area contributed by atoms with Crippen LogP contribution in [0.2, 0.25) is 0 Å². The minimum Gasteiger partial charge on any atom is -0.0651 e. The maximum absolute atomic E-state index is 7.53. The van der Waals surface area contributed by atoms with Crippen molar-refractivity contribution in [2.24, 2.45) is 11.8 Å². The zero-order chi connectivity index (χ0) is 7.78. The quantitative estimate of drug-likeness (QED) is 0.491. The summed E-state index contributed by atoms with van der Waals surface area (Å²) in [5, 5.41) is 0. The Morgan fingerprint density at radius 2 is 2.38 bits per heavy atom. The van der Waals surface area contributed by atoms with Crippen LogP contribution in [-0.4, -0.2) is 0 Å². The Morgan fingerprint density at radius 3 is 2.62 bits per heavy atom. The molecule has 8 heavy (non-hydrogen) atoms. The third-order valence-corrected chi connectivity index (χ3v) is 2.23. The molecule has 2 atom stereocenters. The summed E-state index contributed by atoms with van der Waals surface area (Å²) >= 11 is 0. The van der Waals surface area contributed by atoms with E-state index in [0.29, 0.717) is 11.8 Å². The molecule has 0 nitrogen and oxygen atoms in total. The lowest BCUT2D eigenvalue weighted by atomic mass is 9.96. The van der Waals surface area contributed by atoms with E-state index in [1.165, 1.54) is 12.8 Å². The van der Waals surface area contributed by atoms with Gasteiger partial charge < -0.3 is 0 Å². The zero-order valence-corrected chi connectivity index (χ0v) is 5.78. The molecule has 2 unspecified atom stereocenters. The highest BCUT2D eigenvalue weighted by atomic mass is 14.3. The van der Waals surface area contributed by atoms with Crippen molar-refractivity contribution in [1.82, 2.24) is 0 Å². The summed E-state index contributed by atoms with van der Waals surface area (Å²) in [6.07, 6.45) is 2.58. The SMILES string of the molecule is [2H]C([2H])(C)C1CCCC1C. The van der Waals surface area contributed by atoms with Gasteiger partial charge in [0.25, 0.3) is 0 Å². The molecule has 48 valence electrons. The van der Waals surface area contributed by atoms with Crippen LogP contribution < -0.4 is 0 Å². The molecule has 0 bridgehead atoms. The van der Waals surface area contributed by atoms with Crippen molar-refractivity contribution in [3.05, 3.63) is 0 Å². The summed E-state index contributed by atoms with van der Waals surface area (Å²) in [6.45, 7) is 3.87. The largest absolute Gasteiger partial charge is 0.0651 e. The van der Waals surface area contributed by atoms with E-state index in [1.807, 2.05) is 0 Å².